The first kappa shape index (κ1) is 17.7. The van der Waals surface area contributed by atoms with Crippen LogP contribution in [0.2, 0.25) is 0 Å². The lowest BCUT2D eigenvalue weighted by atomic mass is 9.94. The van der Waals surface area contributed by atoms with Gasteiger partial charge in [0.05, 0.1) is 18.6 Å². The van der Waals surface area contributed by atoms with E-state index in [4.69, 9.17) is 4.74 Å². The number of carbonyl (C=O) groups excluding carboxylic acids is 1. The van der Waals surface area contributed by atoms with Gasteiger partial charge in [0.2, 0.25) is 0 Å². The molecule has 3 aliphatic rings. The monoisotopic (exact) mass is 380 g/mol. The van der Waals surface area contributed by atoms with E-state index in [2.05, 4.69) is 38.7 Å². The van der Waals surface area contributed by atoms with Gasteiger partial charge in [0.15, 0.2) is 0 Å². The van der Waals surface area contributed by atoms with Gasteiger partial charge >= 0.3 is 6.09 Å². The van der Waals surface area contributed by atoms with Crippen LogP contribution in [0.15, 0.2) is 36.7 Å². The number of benzene rings is 1. The van der Waals surface area contributed by atoms with Crippen LogP contribution in [0, 0.1) is 0 Å². The van der Waals surface area contributed by atoms with Crippen molar-refractivity contribution in [1.29, 1.82) is 0 Å². The Balaban J connectivity index is 1.22. The molecule has 28 heavy (non-hydrogen) atoms. The largest absolute Gasteiger partial charge is 0.443 e. The average Bonchev–Trinajstić information content (AvgIpc) is 3.32. The zero-order valence-electron chi connectivity index (χ0n) is 16.3. The lowest BCUT2D eigenvalue weighted by Crippen LogP contribution is -2.40. The Morgan fingerprint density at radius 1 is 1.11 bits per heavy atom. The molecular weight excluding hydrogens is 352 g/mol. The van der Waals surface area contributed by atoms with Crippen LogP contribution in [0.5, 0.6) is 0 Å². The number of ether oxygens (including phenoxy) is 1. The predicted molar refractivity (Wildman–Crippen MR) is 106 cm³/mol. The molecule has 6 heteroatoms. The van der Waals surface area contributed by atoms with E-state index in [0.29, 0.717) is 6.04 Å². The molecule has 2 fully saturated rings. The molecule has 1 atom stereocenters. The molecule has 2 aromatic rings. The molecule has 3 heterocycles. The van der Waals surface area contributed by atoms with Crippen LogP contribution in [-0.2, 0) is 17.7 Å². The number of nitrogens with zero attached hydrogens (tertiary/aromatic N) is 4. The highest BCUT2D eigenvalue weighted by atomic mass is 16.6. The van der Waals surface area contributed by atoms with Crippen molar-refractivity contribution >= 4 is 6.09 Å². The third kappa shape index (κ3) is 3.41. The summed E-state index contributed by atoms with van der Waals surface area (Å²) in [4.78, 5) is 21.4. The summed E-state index contributed by atoms with van der Waals surface area (Å²) in [6, 6.07) is 10.8. The Bertz CT molecular complexity index is 828. The number of fused-ring (bicyclic) bond motifs is 1. The van der Waals surface area contributed by atoms with E-state index in [0.717, 1.165) is 56.8 Å². The number of para-hydroxylation sites is 1. The van der Waals surface area contributed by atoms with Crippen LogP contribution in [0.1, 0.15) is 43.5 Å². The SMILES string of the molecule is O=C1OC(CN2CCc3c(ncn3-c3ccccc3)C2)CN1C1CCCCC1. The maximum atomic E-state index is 12.4. The number of imidazole rings is 1. The minimum absolute atomic E-state index is 0.0211. The quantitative estimate of drug-likeness (QED) is 0.816. The Morgan fingerprint density at radius 3 is 2.75 bits per heavy atom. The number of hydrogen-bond acceptors (Lipinski definition) is 4. The van der Waals surface area contributed by atoms with Gasteiger partial charge in [-0.05, 0) is 25.0 Å². The Kier molecular flexibility index (Phi) is 4.81. The zero-order valence-corrected chi connectivity index (χ0v) is 16.3. The van der Waals surface area contributed by atoms with Crippen LogP contribution in [0.4, 0.5) is 4.79 Å². The van der Waals surface area contributed by atoms with Crippen molar-refractivity contribution in [2.45, 2.75) is 57.2 Å². The molecule has 0 spiro atoms. The van der Waals surface area contributed by atoms with Crippen molar-refractivity contribution in [2.75, 3.05) is 19.6 Å². The molecule has 1 aromatic carbocycles. The van der Waals surface area contributed by atoms with Gasteiger partial charge in [-0.2, -0.15) is 0 Å². The summed E-state index contributed by atoms with van der Waals surface area (Å²) < 4.78 is 7.91. The topological polar surface area (TPSA) is 50.6 Å². The Morgan fingerprint density at radius 2 is 1.93 bits per heavy atom. The van der Waals surface area contributed by atoms with E-state index in [1.807, 2.05) is 17.3 Å². The van der Waals surface area contributed by atoms with Gasteiger partial charge in [-0.1, -0.05) is 37.5 Å². The van der Waals surface area contributed by atoms with Crippen LogP contribution in [0.3, 0.4) is 0 Å². The van der Waals surface area contributed by atoms with E-state index in [1.165, 1.54) is 25.0 Å². The number of hydrogen-bond donors (Lipinski definition) is 0. The van der Waals surface area contributed by atoms with Crippen molar-refractivity contribution in [3.8, 4) is 5.69 Å². The molecule has 1 saturated heterocycles. The average molecular weight is 380 g/mol. The summed E-state index contributed by atoms with van der Waals surface area (Å²) in [6.07, 6.45) is 8.80. The summed E-state index contributed by atoms with van der Waals surface area (Å²) >= 11 is 0. The van der Waals surface area contributed by atoms with Gasteiger partial charge < -0.3 is 14.2 Å². The summed E-state index contributed by atoms with van der Waals surface area (Å²) in [5.41, 5.74) is 3.61. The van der Waals surface area contributed by atoms with Crippen molar-refractivity contribution in [2.24, 2.45) is 0 Å². The molecule has 1 amide bonds. The highest BCUT2D eigenvalue weighted by molar-refractivity contribution is 5.70. The molecule has 1 unspecified atom stereocenters. The van der Waals surface area contributed by atoms with Crippen molar-refractivity contribution in [3.05, 3.63) is 48.0 Å². The maximum absolute atomic E-state index is 12.4. The van der Waals surface area contributed by atoms with Crippen LogP contribution < -0.4 is 0 Å². The zero-order chi connectivity index (χ0) is 18.9. The summed E-state index contributed by atoms with van der Waals surface area (Å²) in [6.45, 7) is 3.34. The number of aromatic nitrogens is 2. The van der Waals surface area contributed by atoms with Gasteiger partial charge in [-0.3, -0.25) is 4.90 Å². The first-order valence-corrected chi connectivity index (χ1v) is 10.6. The van der Waals surface area contributed by atoms with Gasteiger partial charge in [-0.15, -0.1) is 0 Å². The number of carbonyl (C=O) groups is 1. The standard InChI is InChI=1S/C22H28N4O2/c27-22-25(17-7-3-1-4-8-17)14-19(28-22)13-24-12-11-21-20(15-24)23-16-26(21)18-9-5-2-6-10-18/h2,5-6,9-10,16-17,19H,1,3-4,7-8,11-15H2. The van der Waals surface area contributed by atoms with E-state index in [1.54, 1.807) is 0 Å². The fourth-order valence-corrected chi connectivity index (χ4v) is 4.94. The van der Waals surface area contributed by atoms with Crippen molar-refractivity contribution in [3.63, 3.8) is 0 Å². The molecule has 6 nitrogen and oxygen atoms in total. The predicted octanol–water partition coefficient (Wildman–Crippen LogP) is 3.38. The first-order valence-electron chi connectivity index (χ1n) is 10.6. The minimum atomic E-state index is -0.108. The smallest absolute Gasteiger partial charge is 0.410 e. The Labute approximate surface area is 166 Å². The van der Waals surface area contributed by atoms with Gasteiger partial charge in [-0.25, -0.2) is 9.78 Å². The van der Waals surface area contributed by atoms with E-state index < -0.39 is 0 Å². The molecule has 0 N–H and O–H groups in total. The highest BCUT2D eigenvalue weighted by Gasteiger charge is 2.37. The maximum Gasteiger partial charge on any atom is 0.410 e. The number of amides is 1. The molecule has 1 aliphatic carbocycles. The summed E-state index contributed by atoms with van der Waals surface area (Å²) in [7, 11) is 0. The second kappa shape index (κ2) is 7.59. The molecule has 5 rings (SSSR count). The van der Waals surface area contributed by atoms with E-state index in [-0.39, 0.29) is 12.2 Å². The van der Waals surface area contributed by atoms with Crippen LogP contribution in [-0.4, -0.2) is 57.2 Å². The second-order valence-corrected chi connectivity index (χ2v) is 8.28. The second-order valence-electron chi connectivity index (χ2n) is 8.28. The fourth-order valence-electron chi connectivity index (χ4n) is 4.94. The number of cyclic esters (lactones) is 1. The summed E-state index contributed by atoms with van der Waals surface area (Å²) in [5, 5.41) is 0. The molecule has 1 aromatic heterocycles. The highest BCUT2D eigenvalue weighted by Crippen LogP contribution is 2.28. The van der Waals surface area contributed by atoms with E-state index >= 15 is 0 Å². The lowest BCUT2D eigenvalue weighted by Gasteiger charge is -2.30. The molecule has 0 radical (unpaired) electrons. The normalized spacial score (nSPS) is 23.6. The molecule has 0 bridgehead atoms. The molecular formula is C22H28N4O2. The van der Waals surface area contributed by atoms with Gasteiger partial charge in [0, 0.05) is 43.5 Å². The fraction of sp³-hybridized carbons (Fsp3) is 0.545. The van der Waals surface area contributed by atoms with Gasteiger partial charge in [0.25, 0.3) is 0 Å². The molecule has 2 aliphatic heterocycles. The van der Waals surface area contributed by atoms with Crippen molar-refractivity contribution < 1.29 is 9.53 Å². The first-order chi connectivity index (χ1) is 13.8. The molecule has 1 saturated carbocycles. The van der Waals surface area contributed by atoms with Crippen molar-refractivity contribution in [1.82, 2.24) is 19.4 Å². The third-order valence-corrected chi connectivity index (χ3v) is 6.41. The number of rotatable bonds is 4. The minimum Gasteiger partial charge on any atom is -0.443 e. The third-order valence-electron chi connectivity index (χ3n) is 6.41. The summed E-state index contributed by atoms with van der Waals surface area (Å²) in [5.74, 6) is 0. The van der Waals surface area contributed by atoms with E-state index in [9.17, 15) is 4.79 Å². The van der Waals surface area contributed by atoms with Gasteiger partial charge in [0.1, 0.15) is 6.10 Å². The van der Waals surface area contributed by atoms with Crippen LogP contribution >= 0.6 is 0 Å². The molecule has 148 valence electrons. The Hall–Kier alpha value is -2.34. The van der Waals surface area contributed by atoms with Crippen LogP contribution in [0.25, 0.3) is 5.69 Å². The lowest BCUT2D eigenvalue weighted by molar-refractivity contribution is 0.0991.